The summed E-state index contributed by atoms with van der Waals surface area (Å²) in [6.45, 7) is 9.03. The third-order valence-corrected chi connectivity index (χ3v) is 4.67. The van der Waals surface area contributed by atoms with Gasteiger partial charge in [0, 0.05) is 6.54 Å². The molecule has 2 fully saturated rings. The van der Waals surface area contributed by atoms with Crippen LogP contribution < -0.4 is 0 Å². The molecule has 88 valence electrons. The second kappa shape index (κ2) is 5.34. The quantitative estimate of drug-likeness (QED) is 0.672. The Morgan fingerprint density at radius 3 is 2.33 bits per heavy atom. The molecule has 0 aromatic heterocycles. The van der Waals surface area contributed by atoms with Crippen LogP contribution in [0.25, 0.3) is 0 Å². The van der Waals surface area contributed by atoms with Crippen LogP contribution >= 0.6 is 0 Å². The van der Waals surface area contributed by atoms with Gasteiger partial charge in [0.05, 0.1) is 0 Å². The van der Waals surface area contributed by atoms with Gasteiger partial charge in [-0.25, -0.2) is 0 Å². The SMILES string of the molecule is CC1CCC(CN2CCCCC2)CC1C. The highest BCUT2D eigenvalue weighted by atomic mass is 15.1. The normalized spacial score (nSPS) is 39.2. The maximum Gasteiger partial charge on any atom is 0.000976 e. The van der Waals surface area contributed by atoms with E-state index in [1.807, 2.05) is 0 Å². The second-order valence-corrected chi connectivity index (χ2v) is 5.99. The summed E-state index contributed by atoms with van der Waals surface area (Å²) in [5.41, 5.74) is 0. The number of likely N-dealkylation sites (tertiary alicyclic amines) is 1. The van der Waals surface area contributed by atoms with Crippen LogP contribution in [0.5, 0.6) is 0 Å². The van der Waals surface area contributed by atoms with Crippen molar-refractivity contribution < 1.29 is 0 Å². The Labute approximate surface area is 95.2 Å². The Morgan fingerprint density at radius 1 is 0.933 bits per heavy atom. The van der Waals surface area contributed by atoms with Gasteiger partial charge < -0.3 is 4.90 Å². The Kier molecular flexibility index (Phi) is 4.07. The van der Waals surface area contributed by atoms with Crippen molar-refractivity contribution in [2.45, 2.75) is 52.4 Å². The molecule has 3 unspecified atom stereocenters. The van der Waals surface area contributed by atoms with Gasteiger partial charge in [0.2, 0.25) is 0 Å². The minimum absolute atomic E-state index is 0.966. The van der Waals surface area contributed by atoms with Crippen molar-refractivity contribution in [1.82, 2.24) is 4.90 Å². The average Bonchev–Trinajstić information content (AvgIpc) is 2.25. The van der Waals surface area contributed by atoms with E-state index in [9.17, 15) is 0 Å². The summed E-state index contributed by atoms with van der Waals surface area (Å²) < 4.78 is 0. The summed E-state index contributed by atoms with van der Waals surface area (Å²) in [7, 11) is 0. The number of hydrogen-bond acceptors (Lipinski definition) is 1. The lowest BCUT2D eigenvalue weighted by Gasteiger charge is -2.36. The van der Waals surface area contributed by atoms with E-state index in [4.69, 9.17) is 0 Å². The van der Waals surface area contributed by atoms with Gasteiger partial charge in [0.15, 0.2) is 0 Å². The van der Waals surface area contributed by atoms with Gasteiger partial charge in [0.1, 0.15) is 0 Å². The predicted molar refractivity (Wildman–Crippen MR) is 66.0 cm³/mol. The molecule has 1 aliphatic carbocycles. The lowest BCUT2D eigenvalue weighted by molar-refractivity contribution is 0.135. The summed E-state index contributed by atoms with van der Waals surface area (Å²) in [5.74, 6) is 2.95. The van der Waals surface area contributed by atoms with E-state index >= 15 is 0 Å². The van der Waals surface area contributed by atoms with E-state index in [0.717, 1.165) is 17.8 Å². The van der Waals surface area contributed by atoms with Crippen molar-refractivity contribution in [3.63, 3.8) is 0 Å². The molecule has 15 heavy (non-hydrogen) atoms. The van der Waals surface area contributed by atoms with Crippen molar-refractivity contribution in [1.29, 1.82) is 0 Å². The highest BCUT2D eigenvalue weighted by Gasteiger charge is 2.26. The zero-order valence-corrected chi connectivity index (χ0v) is 10.5. The van der Waals surface area contributed by atoms with Crippen molar-refractivity contribution in [2.75, 3.05) is 19.6 Å². The molecular weight excluding hydrogens is 182 g/mol. The van der Waals surface area contributed by atoms with Crippen LogP contribution in [0.2, 0.25) is 0 Å². The fraction of sp³-hybridized carbons (Fsp3) is 1.00. The Hall–Kier alpha value is -0.0400. The van der Waals surface area contributed by atoms with Crippen molar-refractivity contribution in [2.24, 2.45) is 17.8 Å². The van der Waals surface area contributed by atoms with Gasteiger partial charge in [-0.05, 0) is 56.5 Å². The molecule has 0 radical (unpaired) electrons. The first-order valence-corrected chi connectivity index (χ1v) is 6.98. The molecule has 1 heterocycles. The fourth-order valence-corrected chi connectivity index (χ4v) is 3.33. The van der Waals surface area contributed by atoms with E-state index in [2.05, 4.69) is 18.7 Å². The lowest BCUT2D eigenvalue weighted by atomic mass is 9.75. The molecule has 3 atom stereocenters. The van der Waals surface area contributed by atoms with E-state index in [1.165, 1.54) is 58.2 Å². The maximum absolute atomic E-state index is 2.72. The first kappa shape index (κ1) is 11.4. The van der Waals surface area contributed by atoms with Gasteiger partial charge in [-0.3, -0.25) is 0 Å². The summed E-state index contributed by atoms with van der Waals surface area (Å²) in [4.78, 5) is 2.72. The van der Waals surface area contributed by atoms with E-state index in [0.29, 0.717) is 0 Å². The minimum atomic E-state index is 0.966. The largest absolute Gasteiger partial charge is 0.303 e. The first-order valence-electron chi connectivity index (χ1n) is 6.98. The molecule has 1 heteroatoms. The van der Waals surface area contributed by atoms with Gasteiger partial charge in [-0.15, -0.1) is 0 Å². The molecule has 0 N–H and O–H groups in total. The molecule has 1 nitrogen and oxygen atoms in total. The molecular formula is C14H27N. The van der Waals surface area contributed by atoms with Gasteiger partial charge in [0.25, 0.3) is 0 Å². The summed E-state index contributed by atoms with van der Waals surface area (Å²) in [5, 5.41) is 0. The topological polar surface area (TPSA) is 3.24 Å². The van der Waals surface area contributed by atoms with Crippen LogP contribution in [0, 0.1) is 17.8 Å². The maximum atomic E-state index is 2.72. The van der Waals surface area contributed by atoms with Crippen LogP contribution in [0.1, 0.15) is 52.4 Å². The van der Waals surface area contributed by atoms with E-state index in [-0.39, 0.29) is 0 Å². The molecule has 0 spiro atoms. The Bertz CT molecular complexity index is 184. The molecule has 1 aliphatic heterocycles. The van der Waals surface area contributed by atoms with Crippen LogP contribution in [0.3, 0.4) is 0 Å². The Balaban J connectivity index is 1.74. The number of piperidine rings is 1. The smallest absolute Gasteiger partial charge is 0.000976 e. The molecule has 1 saturated carbocycles. The third kappa shape index (κ3) is 3.21. The van der Waals surface area contributed by atoms with Crippen LogP contribution in [-0.2, 0) is 0 Å². The summed E-state index contributed by atoms with van der Waals surface area (Å²) in [6, 6.07) is 0. The molecule has 0 aromatic carbocycles. The highest BCUT2D eigenvalue weighted by molar-refractivity contribution is 4.78. The van der Waals surface area contributed by atoms with Gasteiger partial charge >= 0.3 is 0 Å². The van der Waals surface area contributed by atoms with Crippen molar-refractivity contribution >= 4 is 0 Å². The number of hydrogen-bond donors (Lipinski definition) is 0. The molecule has 0 aromatic rings. The van der Waals surface area contributed by atoms with E-state index in [1.54, 1.807) is 0 Å². The zero-order chi connectivity index (χ0) is 10.7. The van der Waals surface area contributed by atoms with Crippen LogP contribution in [-0.4, -0.2) is 24.5 Å². The van der Waals surface area contributed by atoms with Crippen LogP contribution in [0.15, 0.2) is 0 Å². The van der Waals surface area contributed by atoms with Crippen molar-refractivity contribution in [3.05, 3.63) is 0 Å². The molecule has 1 saturated heterocycles. The Morgan fingerprint density at radius 2 is 1.67 bits per heavy atom. The molecule has 2 aliphatic rings. The van der Waals surface area contributed by atoms with Crippen molar-refractivity contribution in [3.8, 4) is 0 Å². The summed E-state index contributed by atoms with van der Waals surface area (Å²) in [6.07, 6.45) is 8.80. The molecule has 0 amide bonds. The zero-order valence-electron chi connectivity index (χ0n) is 10.5. The fourth-order valence-electron chi connectivity index (χ4n) is 3.33. The lowest BCUT2D eigenvalue weighted by Crippen LogP contribution is -2.36. The van der Waals surface area contributed by atoms with E-state index < -0.39 is 0 Å². The average molecular weight is 209 g/mol. The molecule has 0 bridgehead atoms. The third-order valence-electron chi connectivity index (χ3n) is 4.67. The highest BCUT2D eigenvalue weighted by Crippen LogP contribution is 2.33. The second-order valence-electron chi connectivity index (χ2n) is 5.99. The minimum Gasteiger partial charge on any atom is -0.303 e. The molecule has 2 rings (SSSR count). The summed E-state index contributed by atoms with van der Waals surface area (Å²) >= 11 is 0. The monoisotopic (exact) mass is 209 g/mol. The predicted octanol–water partition coefficient (Wildman–Crippen LogP) is 3.54. The van der Waals surface area contributed by atoms with Gasteiger partial charge in [-0.1, -0.05) is 26.7 Å². The standard InChI is InChI=1S/C14H27N/c1-12-6-7-14(10-13(12)2)11-15-8-4-3-5-9-15/h12-14H,3-11H2,1-2H3. The number of nitrogens with zero attached hydrogens (tertiary/aromatic N) is 1. The number of rotatable bonds is 2. The van der Waals surface area contributed by atoms with Crippen LogP contribution in [0.4, 0.5) is 0 Å². The van der Waals surface area contributed by atoms with Gasteiger partial charge in [-0.2, -0.15) is 0 Å². The first-order chi connectivity index (χ1) is 7.25.